The Bertz CT molecular complexity index is 1600. The number of nitrogens with zero attached hydrogens (tertiary/aromatic N) is 3. The highest BCUT2D eigenvalue weighted by Crippen LogP contribution is 2.30. The number of carbonyl (C=O) groups is 2. The molecule has 8 heteroatoms. The summed E-state index contributed by atoms with van der Waals surface area (Å²) < 4.78 is 13.3. The number of para-hydroxylation sites is 1. The summed E-state index contributed by atoms with van der Waals surface area (Å²) in [7, 11) is 1.60. The predicted molar refractivity (Wildman–Crippen MR) is 144 cm³/mol. The van der Waals surface area contributed by atoms with Crippen molar-refractivity contribution in [3.63, 3.8) is 0 Å². The van der Waals surface area contributed by atoms with Crippen molar-refractivity contribution < 1.29 is 19.1 Å². The smallest absolute Gasteiger partial charge is 0.339 e. The summed E-state index contributed by atoms with van der Waals surface area (Å²) in [6, 6.07) is 25.6. The SMILES string of the molecule is COc1ccc(-c2cc(C(=O)OCC(=O)c3ccc(Br)cc3)c3c(C)nn(-c4ccccc4)c3n2)cc1. The van der Waals surface area contributed by atoms with Gasteiger partial charge in [-0.05, 0) is 61.5 Å². The van der Waals surface area contributed by atoms with E-state index in [0.29, 0.717) is 39.3 Å². The fourth-order valence-electron chi connectivity index (χ4n) is 4.04. The number of pyridine rings is 1. The summed E-state index contributed by atoms with van der Waals surface area (Å²) in [5.74, 6) is -0.206. The minimum Gasteiger partial charge on any atom is -0.497 e. The maximum absolute atomic E-state index is 13.4. The van der Waals surface area contributed by atoms with Crippen LogP contribution in [0.2, 0.25) is 0 Å². The fourth-order valence-corrected chi connectivity index (χ4v) is 4.30. The molecular weight excluding hydrogens is 534 g/mol. The summed E-state index contributed by atoms with van der Waals surface area (Å²) in [6.45, 7) is 1.44. The highest BCUT2D eigenvalue weighted by atomic mass is 79.9. The van der Waals surface area contributed by atoms with Crippen LogP contribution >= 0.6 is 15.9 Å². The van der Waals surface area contributed by atoms with E-state index < -0.39 is 5.97 Å². The third-order valence-electron chi connectivity index (χ3n) is 5.92. The van der Waals surface area contributed by atoms with Gasteiger partial charge in [-0.15, -0.1) is 0 Å². The summed E-state index contributed by atoms with van der Waals surface area (Å²) in [4.78, 5) is 30.9. The molecule has 0 saturated heterocycles. The second-order valence-corrected chi connectivity index (χ2v) is 9.24. The van der Waals surface area contributed by atoms with Crippen LogP contribution in [0.25, 0.3) is 28.0 Å². The molecule has 7 nitrogen and oxygen atoms in total. The lowest BCUT2D eigenvalue weighted by atomic mass is 10.1. The Labute approximate surface area is 221 Å². The second kappa shape index (κ2) is 10.4. The normalized spacial score (nSPS) is 10.9. The number of ether oxygens (including phenoxy) is 2. The molecule has 0 radical (unpaired) electrons. The molecule has 184 valence electrons. The standard InChI is InChI=1S/C29H22BrN3O4/c1-18-27-24(29(35)37-17-26(34)20-8-12-21(30)13-9-20)16-25(19-10-14-23(36-2)15-11-19)31-28(27)33(32-18)22-6-4-3-5-7-22/h3-16H,17H2,1-2H3. The van der Waals surface area contributed by atoms with Gasteiger partial charge in [0.15, 0.2) is 18.0 Å². The van der Waals surface area contributed by atoms with Gasteiger partial charge < -0.3 is 9.47 Å². The molecule has 5 rings (SSSR count). The molecule has 0 unspecified atom stereocenters. The molecule has 0 spiro atoms. The van der Waals surface area contributed by atoms with Gasteiger partial charge in [-0.25, -0.2) is 14.5 Å². The van der Waals surface area contributed by atoms with Crippen LogP contribution in [0.5, 0.6) is 5.75 Å². The Balaban J connectivity index is 1.57. The molecule has 2 aromatic heterocycles. The molecule has 0 aliphatic rings. The van der Waals surface area contributed by atoms with E-state index in [2.05, 4.69) is 21.0 Å². The van der Waals surface area contributed by atoms with E-state index in [4.69, 9.17) is 14.5 Å². The molecule has 3 aromatic carbocycles. The minimum absolute atomic E-state index is 0.291. The van der Waals surface area contributed by atoms with Crippen molar-refractivity contribution in [2.45, 2.75) is 6.92 Å². The van der Waals surface area contributed by atoms with Crippen molar-refractivity contribution in [1.82, 2.24) is 14.8 Å². The molecule has 0 saturated carbocycles. The van der Waals surface area contributed by atoms with Gasteiger partial charge in [-0.1, -0.05) is 46.3 Å². The van der Waals surface area contributed by atoms with Gasteiger partial charge in [-0.3, -0.25) is 4.79 Å². The summed E-state index contributed by atoms with van der Waals surface area (Å²) in [5, 5.41) is 5.24. The van der Waals surface area contributed by atoms with Crippen molar-refractivity contribution in [2.24, 2.45) is 0 Å². The first-order chi connectivity index (χ1) is 17.9. The number of benzene rings is 3. The highest BCUT2D eigenvalue weighted by Gasteiger charge is 2.23. The van der Waals surface area contributed by atoms with E-state index in [1.54, 1.807) is 42.1 Å². The number of ketones is 1. The van der Waals surface area contributed by atoms with Crippen molar-refractivity contribution in [3.05, 3.63) is 106 Å². The van der Waals surface area contributed by atoms with E-state index in [9.17, 15) is 9.59 Å². The Morgan fingerprint density at radius 3 is 2.32 bits per heavy atom. The molecule has 0 atom stereocenters. The van der Waals surface area contributed by atoms with E-state index >= 15 is 0 Å². The lowest BCUT2D eigenvalue weighted by Gasteiger charge is -2.10. The molecule has 37 heavy (non-hydrogen) atoms. The van der Waals surface area contributed by atoms with Crippen LogP contribution < -0.4 is 4.74 Å². The Kier molecular flexibility index (Phi) is 6.83. The lowest BCUT2D eigenvalue weighted by Crippen LogP contribution is -2.15. The van der Waals surface area contributed by atoms with Crippen molar-refractivity contribution in [3.8, 4) is 22.7 Å². The maximum Gasteiger partial charge on any atom is 0.339 e. The third kappa shape index (κ3) is 5.01. The minimum atomic E-state index is -0.622. The van der Waals surface area contributed by atoms with E-state index in [-0.39, 0.29) is 12.4 Å². The largest absolute Gasteiger partial charge is 0.497 e. The quantitative estimate of drug-likeness (QED) is 0.175. The fraction of sp³-hybridized carbons (Fsp3) is 0.103. The van der Waals surface area contributed by atoms with Gasteiger partial charge >= 0.3 is 5.97 Å². The average Bonchev–Trinajstić information content (AvgIpc) is 3.28. The van der Waals surface area contributed by atoms with Crippen molar-refractivity contribution in [1.29, 1.82) is 0 Å². The number of esters is 1. The lowest BCUT2D eigenvalue weighted by molar-refractivity contribution is 0.0476. The number of methoxy groups -OCH3 is 1. The van der Waals surface area contributed by atoms with Gasteiger partial charge in [0.2, 0.25) is 0 Å². The summed E-state index contributed by atoms with van der Waals surface area (Å²) in [5.41, 5.74) is 4.06. The first-order valence-corrected chi connectivity index (χ1v) is 12.3. The summed E-state index contributed by atoms with van der Waals surface area (Å²) in [6.07, 6.45) is 0. The van der Waals surface area contributed by atoms with Gasteiger partial charge in [0.1, 0.15) is 5.75 Å². The monoisotopic (exact) mass is 555 g/mol. The van der Waals surface area contributed by atoms with Gasteiger partial charge in [0.05, 0.1) is 35.1 Å². The zero-order chi connectivity index (χ0) is 25.9. The molecule has 0 bridgehead atoms. The molecule has 0 aliphatic heterocycles. The van der Waals surface area contributed by atoms with Crippen molar-refractivity contribution in [2.75, 3.05) is 13.7 Å². The number of aryl methyl sites for hydroxylation is 1. The molecule has 0 aliphatic carbocycles. The number of Topliss-reactive ketones (excluding diaryl/α,β-unsaturated/α-hetero) is 1. The van der Waals surface area contributed by atoms with Gasteiger partial charge in [-0.2, -0.15) is 5.10 Å². The molecule has 0 N–H and O–H groups in total. The Morgan fingerprint density at radius 2 is 1.65 bits per heavy atom. The van der Waals surface area contributed by atoms with Crippen LogP contribution in [0.4, 0.5) is 0 Å². The first kappa shape index (κ1) is 24.4. The summed E-state index contributed by atoms with van der Waals surface area (Å²) >= 11 is 3.35. The second-order valence-electron chi connectivity index (χ2n) is 8.32. The molecule has 2 heterocycles. The van der Waals surface area contributed by atoms with Gasteiger partial charge in [0, 0.05) is 15.6 Å². The zero-order valence-corrected chi connectivity index (χ0v) is 21.7. The third-order valence-corrected chi connectivity index (χ3v) is 6.45. The van der Waals surface area contributed by atoms with Crippen LogP contribution in [0, 0.1) is 6.92 Å². The number of hydrogen-bond acceptors (Lipinski definition) is 6. The van der Waals surface area contributed by atoms with Crippen LogP contribution in [-0.4, -0.2) is 40.2 Å². The number of carbonyl (C=O) groups excluding carboxylic acids is 2. The Hall–Kier alpha value is -4.30. The zero-order valence-electron chi connectivity index (χ0n) is 20.1. The number of fused-ring (bicyclic) bond motifs is 1. The molecule has 5 aromatic rings. The topological polar surface area (TPSA) is 83.3 Å². The molecule has 0 fully saturated rings. The Morgan fingerprint density at radius 1 is 0.946 bits per heavy atom. The average molecular weight is 556 g/mol. The number of rotatable bonds is 7. The number of aromatic nitrogens is 3. The first-order valence-electron chi connectivity index (χ1n) is 11.5. The van der Waals surface area contributed by atoms with Crippen LogP contribution in [0.15, 0.2) is 89.4 Å². The predicted octanol–water partition coefficient (Wildman–Crippen LogP) is 6.21. The molecular formula is C29H22BrN3O4. The van der Waals surface area contributed by atoms with Crippen LogP contribution in [-0.2, 0) is 4.74 Å². The molecule has 0 amide bonds. The number of halogens is 1. The van der Waals surface area contributed by atoms with Gasteiger partial charge in [0.25, 0.3) is 0 Å². The van der Waals surface area contributed by atoms with E-state index in [1.807, 2.05) is 61.5 Å². The number of hydrogen-bond donors (Lipinski definition) is 0. The van der Waals surface area contributed by atoms with E-state index in [1.165, 1.54) is 0 Å². The maximum atomic E-state index is 13.4. The van der Waals surface area contributed by atoms with E-state index in [0.717, 1.165) is 15.7 Å². The van der Waals surface area contributed by atoms with Crippen LogP contribution in [0.1, 0.15) is 26.4 Å². The van der Waals surface area contributed by atoms with Crippen molar-refractivity contribution >= 4 is 38.7 Å². The highest BCUT2D eigenvalue weighted by molar-refractivity contribution is 9.10. The van der Waals surface area contributed by atoms with Crippen LogP contribution in [0.3, 0.4) is 0 Å².